The summed E-state index contributed by atoms with van der Waals surface area (Å²) in [6.45, 7) is 1.90. The van der Waals surface area contributed by atoms with Crippen molar-refractivity contribution in [2.24, 2.45) is 0 Å². The molecule has 0 aliphatic carbocycles. The zero-order chi connectivity index (χ0) is 25.6. The fourth-order valence-electron chi connectivity index (χ4n) is 4.66. The summed E-state index contributed by atoms with van der Waals surface area (Å²) < 4.78 is 7.25. The maximum atomic E-state index is 13.4. The SMILES string of the molecule is COc1ccccc1-c1nn(-c2ccccc2)cc1C(=O)NCc1cccc(C(=O)N2CCCCC2)c1. The maximum Gasteiger partial charge on any atom is 0.255 e. The van der Waals surface area contributed by atoms with Gasteiger partial charge in [0.25, 0.3) is 11.8 Å². The predicted octanol–water partition coefficient (Wildman–Crippen LogP) is 5.10. The number of para-hydroxylation sites is 2. The van der Waals surface area contributed by atoms with Gasteiger partial charge in [-0.05, 0) is 61.2 Å². The van der Waals surface area contributed by atoms with Gasteiger partial charge in [0.1, 0.15) is 11.4 Å². The lowest BCUT2D eigenvalue weighted by Crippen LogP contribution is -2.35. The van der Waals surface area contributed by atoms with Crippen molar-refractivity contribution in [3.05, 3.63) is 102 Å². The van der Waals surface area contributed by atoms with Crippen LogP contribution in [0.5, 0.6) is 5.75 Å². The Kier molecular flexibility index (Phi) is 7.31. The summed E-state index contributed by atoms with van der Waals surface area (Å²) >= 11 is 0. The lowest BCUT2D eigenvalue weighted by atomic mass is 10.1. The number of amides is 2. The van der Waals surface area contributed by atoms with Gasteiger partial charge in [0.15, 0.2) is 0 Å². The number of nitrogens with zero attached hydrogens (tertiary/aromatic N) is 3. The van der Waals surface area contributed by atoms with Crippen LogP contribution in [0.25, 0.3) is 16.9 Å². The zero-order valence-corrected chi connectivity index (χ0v) is 20.9. The molecule has 0 bridgehead atoms. The molecule has 0 spiro atoms. The Bertz CT molecular complexity index is 1390. The summed E-state index contributed by atoms with van der Waals surface area (Å²) in [6.07, 6.45) is 5.01. The number of methoxy groups -OCH3 is 1. The third kappa shape index (κ3) is 5.40. The van der Waals surface area contributed by atoms with Crippen LogP contribution in [-0.2, 0) is 6.54 Å². The summed E-state index contributed by atoms with van der Waals surface area (Å²) in [5.74, 6) is 0.435. The first-order valence-corrected chi connectivity index (χ1v) is 12.6. The third-order valence-electron chi connectivity index (χ3n) is 6.61. The molecule has 3 aromatic carbocycles. The summed E-state index contributed by atoms with van der Waals surface area (Å²) in [4.78, 5) is 28.3. The minimum Gasteiger partial charge on any atom is -0.496 e. The van der Waals surface area contributed by atoms with E-state index in [9.17, 15) is 9.59 Å². The predicted molar refractivity (Wildman–Crippen MR) is 143 cm³/mol. The Morgan fingerprint density at radius 1 is 0.919 bits per heavy atom. The maximum absolute atomic E-state index is 13.4. The standard InChI is InChI=1S/C30H30N4O3/c1-37-27-16-7-6-15-25(27)28-26(21-34(32-28)24-13-4-2-5-14-24)29(35)31-20-22-11-10-12-23(19-22)30(36)33-17-8-3-9-18-33/h2,4-7,10-16,19,21H,3,8-9,17-18,20H2,1H3,(H,31,35). The minimum atomic E-state index is -0.254. The van der Waals surface area contributed by atoms with Gasteiger partial charge in [-0.3, -0.25) is 9.59 Å². The highest BCUT2D eigenvalue weighted by Gasteiger charge is 2.22. The Hall–Kier alpha value is -4.39. The quantitative estimate of drug-likeness (QED) is 0.388. The topological polar surface area (TPSA) is 76.5 Å². The van der Waals surface area contributed by atoms with E-state index in [2.05, 4.69) is 5.32 Å². The van der Waals surface area contributed by atoms with Crippen LogP contribution in [0.1, 0.15) is 45.5 Å². The van der Waals surface area contributed by atoms with Crippen LogP contribution in [-0.4, -0.2) is 46.7 Å². The van der Waals surface area contributed by atoms with Crippen molar-refractivity contribution < 1.29 is 14.3 Å². The Morgan fingerprint density at radius 3 is 2.46 bits per heavy atom. The van der Waals surface area contributed by atoms with E-state index in [1.54, 1.807) is 18.0 Å². The number of hydrogen-bond acceptors (Lipinski definition) is 4. The molecule has 0 radical (unpaired) electrons. The largest absolute Gasteiger partial charge is 0.496 e. The Morgan fingerprint density at radius 2 is 1.68 bits per heavy atom. The smallest absolute Gasteiger partial charge is 0.255 e. The van der Waals surface area contributed by atoms with Crippen molar-refractivity contribution in [3.8, 4) is 22.7 Å². The molecule has 0 atom stereocenters. The lowest BCUT2D eigenvalue weighted by molar-refractivity contribution is 0.0724. The molecule has 2 heterocycles. The molecule has 1 aromatic heterocycles. The molecule has 1 aliphatic rings. The molecule has 5 rings (SSSR count). The van der Waals surface area contributed by atoms with Crippen LogP contribution in [0.2, 0.25) is 0 Å². The van der Waals surface area contributed by atoms with Gasteiger partial charge < -0.3 is 15.0 Å². The lowest BCUT2D eigenvalue weighted by Gasteiger charge is -2.26. The fourth-order valence-corrected chi connectivity index (χ4v) is 4.66. The van der Waals surface area contributed by atoms with Crippen molar-refractivity contribution in [1.29, 1.82) is 0 Å². The van der Waals surface area contributed by atoms with Crippen LogP contribution >= 0.6 is 0 Å². The molecule has 1 saturated heterocycles. The number of nitrogens with one attached hydrogen (secondary N) is 1. The van der Waals surface area contributed by atoms with Gasteiger partial charge in [-0.15, -0.1) is 0 Å². The number of ether oxygens (including phenoxy) is 1. The summed E-state index contributed by atoms with van der Waals surface area (Å²) in [5.41, 5.74) is 4.08. The van der Waals surface area contributed by atoms with Crippen LogP contribution < -0.4 is 10.1 Å². The van der Waals surface area contributed by atoms with Crippen molar-refractivity contribution in [2.75, 3.05) is 20.2 Å². The minimum absolute atomic E-state index is 0.0514. The molecule has 7 nitrogen and oxygen atoms in total. The number of benzene rings is 3. The van der Waals surface area contributed by atoms with Crippen LogP contribution in [0, 0.1) is 0 Å². The first-order valence-electron chi connectivity index (χ1n) is 12.6. The van der Waals surface area contributed by atoms with Gasteiger partial charge in [0, 0.05) is 37.0 Å². The van der Waals surface area contributed by atoms with Crippen molar-refractivity contribution in [1.82, 2.24) is 20.0 Å². The molecule has 1 fully saturated rings. The number of rotatable bonds is 7. The fraction of sp³-hybridized carbons (Fsp3) is 0.233. The number of likely N-dealkylation sites (tertiary alicyclic amines) is 1. The van der Waals surface area contributed by atoms with Crippen molar-refractivity contribution in [3.63, 3.8) is 0 Å². The van der Waals surface area contributed by atoms with E-state index in [1.807, 2.05) is 83.8 Å². The van der Waals surface area contributed by atoms with Gasteiger partial charge in [-0.2, -0.15) is 5.10 Å². The van der Waals surface area contributed by atoms with E-state index in [0.29, 0.717) is 29.1 Å². The first-order chi connectivity index (χ1) is 18.1. The third-order valence-corrected chi connectivity index (χ3v) is 6.61. The van der Waals surface area contributed by atoms with Gasteiger partial charge in [-0.1, -0.05) is 42.5 Å². The van der Waals surface area contributed by atoms with Gasteiger partial charge >= 0.3 is 0 Å². The van der Waals surface area contributed by atoms with Crippen LogP contribution in [0.4, 0.5) is 0 Å². The summed E-state index contributed by atoms with van der Waals surface area (Å²) in [6, 6.07) is 24.7. The second-order valence-corrected chi connectivity index (χ2v) is 9.11. The van der Waals surface area contributed by atoms with E-state index in [-0.39, 0.29) is 11.8 Å². The van der Waals surface area contributed by atoms with E-state index in [4.69, 9.17) is 9.84 Å². The second-order valence-electron chi connectivity index (χ2n) is 9.11. The molecule has 0 saturated carbocycles. The van der Waals surface area contributed by atoms with E-state index in [0.717, 1.165) is 42.7 Å². The Labute approximate surface area is 216 Å². The molecular formula is C30H30N4O3. The van der Waals surface area contributed by atoms with E-state index in [1.165, 1.54) is 6.42 Å². The average molecular weight is 495 g/mol. The normalized spacial score (nSPS) is 13.3. The monoisotopic (exact) mass is 494 g/mol. The number of piperidine rings is 1. The molecule has 1 N–H and O–H groups in total. The van der Waals surface area contributed by atoms with Crippen LogP contribution in [0.3, 0.4) is 0 Å². The van der Waals surface area contributed by atoms with E-state index < -0.39 is 0 Å². The highest BCUT2D eigenvalue weighted by molar-refractivity contribution is 6.00. The molecule has 37 heavy (non-hydrogen) atoms. The van der Waals surface area contributed by atoms with Crippen molar-refractivity contribution in [2.45, 2.75) is 25.8 Å². The number of aromatic nitrogens is 2. The van der Waals surface area contributed by atoms with Gasteiger partial charge in [-0.25, -0.2) is 4.68 Å². The molecule has 188 valence electrons. The summed E-state index contributed by atoms with van der Waals surface area (Å²) in [7, 11) is 1.60. The number of hydrogen-bond donors (Lipinski definition) is 1. The summed E-state index contributed by atoms with van der Waals surface area (Å²) in [5, 5.41) is 7.77. The molecule has 2 amide bonds. The molecule has 0 unspecified atom stereocenters. The highest BCUT2D eigenvalue weighted by Crippen LogP contribution is 2.31. The number of carbonyl (C=O) groups is 2. The number of carbonyl (C=O) groups excluding carboxylic acids is 2. The molecule has 7 heteroatoms. The van der Waals surface area contributed by atoms with Crippen LogP contribution in [0.15, 0.2) is 85.1 Å². The van der Waals surface area contributed by atoms with Gasteiger partial charge in [0.05, 0.1) is 18.4 Å². The first kappa shape index (κ1) is 24.3. The second kappa shape index (κ2) is 11.1. The average Bonchev–Trinajstić information content (AvgIpc) is 3.42. The zero-order valence-electron chi connectivity index (χ0n) is 20.9. The Balaban J connectivity index is 1.39. The highest BCUT2D eigenvalue weighted by atomic mass is 16.5. The van der Waals surface area contributed by atoms with Crippen molar-refractivity contribution >= 4 is 11.8 Å². The van der Waals surface area contributed by atoms with E-state index >= 15 is 0 Å². The molecule has 4 aromatic rings. The molecule has 1 aliphatic heterocycles. The van der Waals surface area contributed by atoms with Gasteiger partial charge in [0.2, 0.25) is 0 Å². The molecular weight excluding hydrogens is 464 g/mol.